The van der Waals surface area contributed by atoms with Crippen molar-refractivity contribution in [3.63, 3.8) is 0 Å². The fourth-order valence-electron chi connectivity index (χ4n) is 1.56. The number of halogens is 1. The Bertz CT molecular complexity index is 438. The van der Waals surface area contributed by atoms with E-state index in [0.29, 0.717) is 25.3 Å². The van der Waals surface area contributed by atoms with Gasteiger partial charge in [-0.05, 0) is 17.7 Å². The van der Waals surface area contributed by atoms with E-state index in [1.54, 1.807) is 26.3 Å². The first-order chi connectivity index (χ1) is 9.67. The summed E-state index contributed by atoms with van der Waals surface area (Å²) in [6.07, 6.45) is 0. The molecule has 1 rings (SSSR count). The van der Waals surface area contributed by atoms with E-state index in [9.17, 15) is 9.59 Å². The third-order valence-electron chi connectivity index (χ3n) is 2.70. The molecule has 0 atom stereocenters. The number of carbonyl (C=O) groups excluding carboxylic acids is 2. The second kappa shape index (κ2) is 11.1. The highest BCUT2D eigenvalue weighted by Gasteiger charge is 2.03. The average Bonchev–Trinajstić information content (AvgIpc) is 2.49. The van der Waals surface area contributed by atoms with Gasteiger partial charge in [-0.15, -0.1) is 12.4 Å². The van der Waals surface area contributed by atoms with E-state index in [4.69, 9.17) is 4.74 Å². The molecule has 7 heteroatoms. The maximum Gasteiger partial charge on any atom is 0.251 e. The minimum Gasteiger partial charge on any atom is -0.383 e. The van der Waals surface area contributed by atoms with Crippen molar-refractivity contribution in [1.82, 2.24) is 16.0 Å². The van der Waals surface area contributed by atoms with Crippen molar-refractivity contribution >= 4 is 24.2 Å². The van der Waals surface area contributed by atoms with Gasteiger partial charge in [0, 0.05) is 32.8 Å². The molecule has 0 aliphatic heterocycles. The molecule has 1 aromatic rings. The van der Waals surface area contributed by atoms with Crippen LogP contribution in [0.3, 0.4) is 0 Å². The van der Waals surface area contributed by atoms with Crippen LogP contribution in [0.4, 0.5) is 0 Å². The Kier molecular flexibility index (Phi) is 10.2. The molecule has 3 N–H and O–H groups in total. The number of carbonyl (C=O) groups is 2. The number of methoxy groups -OCH3 is 1. The summed E-state index contributed by atoms with van der Waals surface area (Å²) in [4.78, 5) is 22.9. The highest BCUT2D eigenvalue weighted by molar-refractivity contribution is 5.93. The number of benzene rings is 1. The summed E-state index contributed by atoms with van der Waals surface area (Å²) in [5.41, 5.74) is 1.55. The molecule has 0 spiro atoms. The summed E-state index contributed by atoms with van der Waals surface area (Å²) in [5.74, 6) is -0.195. The van der Waals surface area contributed by atoms with Gasteiger partial charge < -0.3 is 20.7 Å². The maximum absolute atomic E-state index is 11.5. The Balaban J connectivity index is 0.00000400. The highest BCUT2D eigenvalue weighted by atomic mass is 35.5. The van der Waals surface area contributed by atoms with E-state index in [0.717, 1.165) is 5.56 Å². The van der Waals surface area contributed by atoms with Crippen LogP contribution in [-0.4, -0.2) is 45.7 Å². The molecule has 0 radical (unpaired) electrons. The van der Waals surface area contributed by atoms with Gasteiger partial charge in [0.25, 0.3) is 5.91 Å². The third-order valence-corrected chi connectivity index (χ3v) is 2.70. The molecule has 21 heavy (non-hydrogen) atoms. The quantitative estimate of drug-likeness (QED) is 0.604. The van der Waals surface area contributed by atoms with Crippen LogP contribution < -0.4 is 16.0 Å². The maximum atomic E-state index is 11.5. The molecule has 6 nitrogen and oxygen atoms in total. The Hall–Kier alpha value is -1.63. The predicted molar refractivity (Wildman–Crippen MR) is 83.7 cm³/mol. The largest absolute Gasteiger partial charge is 0.383 e. The van der Waals surface area contributed by atoms with Crippen LogP contribution in [0.1, 0.15) is 15.9 Å². The average molecular weight is 316 g/mol. The van der Waals surface area contributed by atoms with E-state index >= 15 is 0 Å². The molecular formula is C14H22ClN3O3. The lowest BCUT2D eigenvalue weighted by atomic mass is 10.1. The van der Waals surface area contributed by atoms with Crippen molar-refractivity contribution in [3.05, 3.63) is 35.4 Å². The lowest BCUT2D eigenvalue weighted by Gasteiger charge is -2.07. The second-order valence-corrected chi connectivity index (χ2v) is 4.22. The first kappa shape index (κ1) is 19.4. The SMILES string of the molecule is CNC(=O)c1ccc(CNC(=O)CNCCOC)cc1.Cl. The van der Waals surface area contributed by atoms with Crippen LogP contribution in [-0.2, 0) is 16.1 Å². The number of rotatable bonds is 8. The zero-order valence-electron chi connectivity index (χ0n) is 12.3. The zero-order chi connectivity index (χ0) is 14.8. The minimum absolute atomic E-state index is 0. The molecule has 2 amide bonds. The van der Waals surface area contributed by atoms with Crippen LogP contribution >= 0.6 is 12.4 Å². The first-order valence-electron chi connectivity index (χ1n) is 6.44. The summed E-state index contributed by atoms with van der Waals surface area (Å²) in [6, 6.07) is 7.11. The summed E-state index contributed by atoms with van der Waals surface area (Å²) < 4.78 is 4.87. The third kappa shape index (κ3) is 7.65. The normalized spacial score (nSPS) is 9.62. The van der Waals surface area contributed by atoms with Crippen LogP contribution in [0.15, 0.2) is 24.3 Å². The molecule has 0 saturated heterocycles. The molecule has 0 aliphatic rings. The van der Waals surface area contributed by atoms with Gasteiger partial charge in [0.15, 0.2) is 0 Å². The van der Waals surface area contributed by atoms with Crippen molar-refractivity contribution in [2.24, 2.45) is 0 Å². The summed E-state index contributed by atoms with van der Waals surface area (Å²) in [7, 11) is 3.21. The molecule has 0 heterocycles. The predicted octanol–water partition coefficient (Wildman–Crippen LogP) is 0.320. The fraction of sp³-hybridized carbons (Fsp3) is 0.429. The number of nitrogens with one attached hydrogen (secondary N) is 3. The van der Waals surface area contributed by atoms with Crippen molar-refractivity contribution in [1.29, 1.82) is 0 Å². The number of hydrogen-bond donors (Lipinski definition) is 3. The van der Waals surface area contributed by atoms with Gasteiger partial charge in [0.05, 0.1) is 13.2 Å². The van der Waals surface area contributed by atoms with Crippen LogP contribution in [0.2, 0.25) is 0 Å². The Morgan fingerprint density at radius 2 is 1.86 bits per heavy atom. The Labute approximate surface area is 131 Å². The standard InChI is InChI=1S/C14H21N3O3.ClH/c1-15-14(19)12-5-3-11(4-6-12)9-17-13(18)10-16-7-8-20-2;/h3-6,16H,7-10H2,1-2H3,(H,15,19)(H,17,18);1H. The van der Waals surface area contributed by atoms with Crippen LogP contribution in [0.5, 0.6) is 0 Å². The molecule has 0 bridgehead atoms. The van der Waals surface area contributed by atoms with E-state index in [2.05, 4.69) is 16.0 Å². The van der Waals surface area contributed by atoms with E-state index in [1.807, 2.05) is 12.1 Å². The van der Waals surface area contributed by atoms with Crippen molar-refractivity contribution in [2.45, 2.75) is 6.54 Å². The molecule has 0 aliphatic carbocycles. The smallest absolute Gasteiger partial charge is 0.251 e. The lowest BCUT2D eigenvalue weighted by Crippen LogP contribution is -2.34. The highest BCUT2D eigenvalue weighted by Crippen LogP contribution is 2.04. The van der Waals surface area contributed by atoms with Crippen LogP contribution in [0, 0.1) is 0 Å². The Morgan fingerprint density at radius 1 is 1.19 bits per heavy atom. The molecule has 118 valence electrons. The summed E-state index contributed by atoms with van der Waals surface area (Å²) in [6.45, 7) is 1.93. The zero-order valence-corrected chi connectivity index (χ0v) is 13.1. The number of hydrogen-bond acceptors (Lipinski definition) is 4. The lowest BCUT2D eigenvalue weighted by molar-refractivity contribution is -0.120. The van der Waals surface area contributed by atoms with E-state index in [1.165, 1.54) is 0 Å². The van der Waals surface area contributed by atoms with Gasteiger partial charge in [-0.3, -0.25) is 9.59 Å². The monoisotopic (exact) mass is 315 g/mol. The molecule has 0 fully saturated rings. The fourth-order valence-corrected chi connectivity index (χ4v) is 1.56. The van der Waals surface area contributed by atoms with Crippen molar-refractivity contribution in [3.8, 4) is 0 Å². The molecule has 0 unspecified atom stereocenters. The van der Waals surface area contributed by atoms with Gasteiger partial charge in [-0.1, -0.05) is 12.1 Å². The molecule has 0 aromatic heterocycles. The minimum atomic E-state index is -0.122. The first-order valence-corrected chi connectivity index (χ1v) is 6.44. The summed E-state index contributed by atoms with van der Waals surface area (Å²) in [5, 5.41) is 8.32. The van der Waals surface area contributed by atoms with Crippen molar-refractivity contribution in [2.75, 3.05) is 33.9 Å². The molecule has 0 saturated carbocycles. The van der Waals surface area contributed by atoms with Gasteiger partial charge in [0.2, 0.25) is 5.91 Å². The second-order valence-electron chi connectivity index (χ2n) is 4.22. The summed E-state index contributed by atoms with van der Waals surface area (Å²) >= 11 is 0. The van der Waals surface area contributed by atoms with E-state index in [-0.39, 0.29) is 30.8 Å². The number of ether oxygens (including phenoxy) is 1. The van der Waals surface area contributed by atoms with Gasteiger partial charge in [0.1, 0.15) is 0 Å². The topological polar surface area (TPSA) is 79.5 Å². The van der Waals surface area contributed by atoms with E-state index < -0.39 is 0 Å². The van der Waals surface area contributed by atoms with Gasteiger partial charge in [-0.2, -0.15) is 0 Å². The molecular weight excluding hydrogens is 294 g/mol. The molecule has 1 aromatic carbocycles. The number of amides is 2. The van der Waals surface area contributed by atoms with Gasteiger partial charge >= 0.3 is 0 Å². The van der Waals surface area contributed by atoms with Crippen LogP contribution in [0.25, 0.3) is 0 Å². The van der Waals surface area contributed by atoms with Crippen molar-refractivity contribution < 1.29 is 14.3 Å². The Morgan fingerprint density at radius 3 is 2.43 bits per heavy atom. The van der Waals surface area contributed by atoms with Gasteiger partial charge in [-0.25, -0.2) is 0 Å².